The molecule has 164 valence electrons. The van der Waals surface area contributed by atoms with E-state index in [4.69, 9.17) is 11.6 Å². The van der Waals surface area contributed by atoms with Crippen LogP contribution in [-0.2, 0) is 6.54 Å². The molecule has 1 atom stereocenters. The van der Waals surface area contributed by atoms with E-state index in [2.05, 4.69) is 49.1 Å². The summed E-state index contributed by atoms with van der Waals surface area (Å²) >= 11 is 6.07. The standard InChI is InChI=1S/C26H22ClN5O/c1-17(23-12-20-10-21(27)13-29-25(20)31-26(23)33)30-22-9-5-8-19(11-22)24-14-28-16-32(24)15-18-6-3-2-4-7-18/h2-14,16-17,30H,15H2,1H3,(H,29,31,33)/t17-/m0/s1. The SMILES string of the molecule is C[C@H](Nc1cccc(-c2cncn2Cc2ccccc2)c1)c1cc2cc(Cl)cnc2[nH]c1=O. The van der Waals surface area contributed by atoms with Gasteiger partial charge in [-0.25, -0.2) is 9.97 Å². The molecule has 33 heavy (non-hydrogen) atoms. The molecule has 0 saturated carbocycles. The number of halogens is 1. The van der Waals surface area contributed by atoms with Crippen molar-refractivity contribution in [1.29, 1.82) is 0 Å². The molecule has 6 nitrogen and oxygen atoms in total. The Bertz CT molecular complexity index is 1480. The molecule has 5 rings (SSSR count). The number of benzene rings is 2. The maximum absolute atomic E-state index is 12.6. The third-order valence-electron chi connectivity index (χ3n) is 5.60. The van der Waals surface area contributed by atoms with Crippen LogP contribution < -0.4 is 10.9 Å². The predicted octanol–water partition coefficient (Wildman–Crippen LogP) is 5.66. The molecule has 3 heterocycles. The van der Waals surface area contributed by atoms with Gasteiger partial charge in [0.2, 0.25) is 0 Å². The first-order chi connectivity index (χ1) is 16.1. The van der Waals surface area contributed by atoms with Gasteiger partial charge in [-0.2, -0.15) is 0 Å². The number of nitrogens with one attached hydrogen (secondary N) is 2. The number of rotatable bonds is 6. The number of H-pyrrole nitrogens is 1. The van der Waals surface area contributed by atoms with E-state index in [1.165, 1.54) is 11.8 Å². The summed E-state index contributed by atoms with van der Waals surface area (Å²) in [6, 6.07) is 21.8. The van der Waals surface area contributed by atoms with Crippen molar-refractivity contribution < 1.29 is 0 Å². The van der Waals surface area contributed by atoms with Crippen LogP contribution in [0.2, 0.25) is 5.02 Å². The summed E-state index contributed by atoms with van der Waals surface area (Å²) < 4.78 is 2.13. The van der Waals surface area contributed by atoms with Gasteiger partial charge in [-0.05, 0) is 36.8 Å². The first-order valence-corrected chi connectivity index (χ1v) is 11.0. The molecule has 3 aromatic heterocycles. The van der Waals surface area contributed by atoms with Crippen molar-refractivity contribution in [3.8, 4) is 11.3 Å². The number of imidazole rings is 1. The number of fused-ring (bicyclic) bond motifs is 1. The van der Waals surface area contributed by atoms with Crippen molar-refractivity contribution in [1.82, 2.24) is 19.5 Å². The molecule has 7 heteroatoms. The van der Waals surface area contributed by atoms with E-state index in [0.717, 1.165) is 28.9 Å². The quantitative estimate of drug-likeness (QED) is 0.346. The second-order valence-corrected chi connectivity index (χ2v) is 8.42. The maximum atomic E-state index is 12.6. The van der Waals surface area contributed by atoms with Crippen molar-refractivity contribution in [3.05, 3.63) is 112 Å². The lowest BCUT2D eigenvalue weighted by molar-refractivity contribution is 0.805. The summed E-state index contributed by atoms with van der Waals surface area (Å²) in [6.45, 7) is 2.70. The fourth-order valence-electron chi connectivity index (χ4n) is 3.97. The largest absolute Gasteiger partial charge is 0.378 e. The average molecular weight is 456 g/mol. The second kappa shape index (κ2) is 8.92. The van der Waals surface area contributed by atoms with Crippen LogP contribution >= 0.6 is 11.6 Å². The highest BCUT2D eigenvalue weighted by atomic mass is 35.5. The van der Waals surface area contributed by atoms with Gasteiger partial charge in [0, 0.05) is 34.9 Å². The Kier molecular flexibility index (Phi) is 5.67. The lowest BCUT2D eigenvalue weighted by atomic mass is 10.1. The number of anilines is 1. The van der Waals surface area contributed by atoms with Crippen LogP contribution in [0.4, 0.5) is 5.69 Å². The van der Waals surface area contributed by atoms with Gasteiger partial charge in [-0.3, -0.25) is 4.79 Å². The number of pyridine rings is 2. The Labute approximate surface area is 195 Å². The van der Waals surface area contributed by atoms with Crippen molar-refractivity contribution in [2.75, 3.05) is 5.32 Å². The first kappa shape index (κ1) is 21.0. The minimum Gasteiger partial charge on any atom is -0.378 e. The third kappa shape index (κ3) is 4.52. The van der Waals surface area contributed by atoms with Crippen LogP contribution in [-0.4, -0.2) is 19.5 Å². The number of aromatic amines is 1. The summed E-state index contributed by atoms with van der Waals surface area (Å²) in [4.78, 5) is 24.0. The molecule has 2 N–H and O–H groups in total. The highest BCUT2D eigenvalue weighted by Gasteiger charge is 2.13. The summed E-state index contributed by atoms with van der Waals surface area (Å²) in [5.74, 6) is 0. The molecule has 0 aliphatic carbocycles. The fraction of sp³-hybridized carbons (Fsp3) is 0.115. The Balaban J connectivity index is 1.41. The van der Waals surface area contributed by atoms with Crippen molar-refractivity contribution in [2.24, 2.45) is 0 Å². The molecule has 0 saturated heterocycles. The Morgan fingerprint density at radius 1 is 1.06 bits per heavy atom. The van der Waals surface area contributed by atoms with E-state index in [9.17, 15) is 4.79 Å². The topological polar surface area (TPSA) is 75.6 Å². The van der Waals surface area contributed by atoms with E-state index in [1.807, 2.05) is 55.8 Å². The minimum atomic E-state index is -0.221. The lowest BCUT2D eigenvalue weighted by Crippen LogP contribution is -2.19. The van der Waals surface area contributed by atoms with Gasteiger partial charge in [0.25, 0.3) is 5.56 Å². The monoisotopic (exact) mass is 455 g/mol. The van der Waals surface area contributed by atoms with Gasteiger partial charge in [0.15, 0.2) is 0 Å². The fourth-order valence-corrected chi connectivity index (χ4v) is 4.13. The highest BCUT2D eigenvalue weighted by molar-refractivity contribution is 6.31. The molecular weight excluding hydrogens is 434 g/mol. The zero-order valence-corrected chi connectivity index (χ0v) is 18.8. The molecule has 0 fully saturated rings. The summed E-state index contributed by atoms with van der Waals surface area (Å²) in [6.07, 6.45) is 5.24. The van der Waals surface area contributed by atoms with Gasteiger partial charge < -0.3 is 14.9 Å². The number of hydrogen-bond donors (Lipinski definition) is 2. The number of hydrogen-bond acceptors (Lipinski definition) is 4. The Morgan fingerprint density at radius 3 is 2.76 bits per heavy atom. The second-order valence-electron chi connectivity index (χ2n) is 7.98. The van der Waals surface area contributed by atoms with E-state index >= 15 is 0 Å². The lowest BCUT2D eigenvalue weighted by Gasteiger charge is -2.16. The summed E-state index contributed by atoms with van der Waals surface area (Å²) in [7, 11) is 0. The van der Waals surface area contributed by atoms with Crippen molar-refractivity contribution in [3.63, 3.8) is 0 Å². The molecule has 0 unspecified atom stereocenters. The van der Waals surface area contributed by atoms with Crippen LogP contribution in [0.15, 0.2) is 90.2 Å². The molecule has 2 aromatic carbocycles. The van der Waals surface area contributed by atoms with Gasteiger partial charge in [-0.15, -0.1) is 0 Å². The molecule has 0 aliphatic heterocycles. The molecule has 0 bridgehead atoms. The Hall–Kier alpha value is -3.90. The van der Waals surface area contributed by atoms with Gasteiger partial charge >= 0.3 is 0 Å². The van der Waals surface area contributed by atoms with Crippen LogP contribution in [0.1, 0.15) is 24.1 Å². The predicted molar refractivity (Wildman–Crippen MR) is 133 cm³/mol. The Morgan fingerprint density at radius 2 is 1.91 bits per heavy atom. The molecule has 0 radical (unpaired) electrons. The van der Waals surface area contributed by atoms with Crippen molar-refractivity contribution >= 4 is 28.3 Å². The number of aromatic nitrogens is 4. The first-order valence-electron chi connectivity index (χ1n) is 10.7. The van der Waals surface area contributed by atoms with Crippen LogP contribution in [0.5, 0.6) is 0 Å². The molecular formula is C26H22ClN5O. The van der Waals surface area contributed by atoms with E-state index in [-0.39, 0.29) is 11.6 Å². The van der Waals surface area contributed by atoms with E-state index in [1.54, 1.807) is 6.07 Å². The molecule has 5 aromatic rings. The van der Waals surface area contributed by atoms with E-state index in [0.29, 0.717) is 16.2 Å². The molecule has 0 amide bonds. The molecule has 0 aliphatic rings. The summed E-state index contributed by atoms with van der Waals surface area (Å²) in [5, 5.41) is 4.77. The van der Waals surface area contributed by atoms with Crippen molar-refractivity contribution in [2.45, 2.75) is 19.5 Å². The maximum Gasteiger partial charge on any atom is 0.254 e. The van der Waals surface area contributed by atoms with Crippen LogP contribution in [0.25, 0.3) is 22.3 Å². The van der Waals surface area contributed by atoms with E-state index < -0.39 is 0 Å². The third-order valence-corrected chi connectivity index (χ3v) is 5.81. The van der Waals surface area contributed by atoms with Crippen LogP contribution in [0.3, 0.4) is 0 Å². The highest BCUT2D eigenvalue weighted by Crippen LogP contribution is 2.26. The molecule has 0 spiro atoms. The minimum absolute atomic E-state index is 0.172. The van der Waals surface area contributed by atoms with Crippen LogP contribution in [0, 0.1) is 0 Å². The summed E-state index contributed by atoms with van der Waals surface area (Å²) in [5.41, 5.74) is 5.17. The number of nitrogens with zero attached hydrogens (tertiary/aromatic N) is 3. The smallest absolute Gasteiger partial charge is 0.254 e. The van der Waals surface area contributed by atoms with Gasteiger partial charge in [0.1, 0.15) is 5.65 Å². The average Bonchev–Trinajstić information content (AvgIpc) is 3.28. The van der Waals surface area contributed by atoms with Gasteiger partial charge in [0.05, 0.1) is 29.3 Å². The normalized spacial score (nSPS) is 12.1. The van der Waals surface area contributed by atoms with Gasteiger partial charge in [-0.1, -0.05) is 54.1 Å². The zero-order valence-electron chi connectivity index (χ0n) is 18.0. The zero-order chi connectivity index (χ0) is 22.8.